The first kappa shape index (κ1) is 22.8. The first-order valence-electron chi connectivity index (χ1n) is 13.2. The number of nitrogens with zero attached hydrogens (tertiary/aromatic N) is 4. The molecular formula is C35H22N4S. The summed E-state index contributed by atoms with van der Waals surface area (Å²) in [5.41, 5.74) is 7.04. The van der Waals surface area contributed by atoms with Gasteiger partial charge < -0.3 is 0 Å². The van der Waals surface area contributed by atoms with Crippen molar-refractivity contribution in [1.82, 2.24) is 19.5 Å². The summed E-state index contributed by atoms with van der Waals surface area (Å²) in [5, 5.41) is 3.72. The molecule has 0 radical (unpaired) electrons. The number of pyridine rings is 3. The predicted octanol–water partition coefficient (Wildman–Crippen LogP) is 9.18. The number of aromatic nitrogens is 4. The first-order chi connectivity index (χ1) is 19.8. The summed E-state index contributed by atoms with van der Waals surface area (Å²) in [4.78, 5) is 15.7. The SMILES string of the molecule is c1ccc(-c2cc3ccc4c(c5ccccc5n4-c4cc(-c5ccccn5)cc(-c5ccccn5)n4)c3s2)cc1. The van der Waals surface area contributed by atoms with Gasteiger partial charge in [0.1, 0.15) is 5.82 Å². The molecule has 188 valence electrons. The third-order valence-electron chi connectivity index (χ3n) is 7.31. The second-order valence-electron chi connectivity index (χ2n) is 9.74. The molecule has 0 aliphatic carbocycles. The average Bonchev–Trinajstić information content (AvgIpc) is 3.62. The van der Waals surface area contributed by atoms with Crippen molar-refractivity contribution in [2.75, 3.05) is 0 Å². The molecule has 40 heavy (non-hydrogen) atoms. The van der Waals surface area contributed by atoms with Crippen LogP contribution in [-0.4, -0.2) is 19.5 Å². The maximum Gasteiger partial charge on any atom is 0.139 e. The van der Waals surface area contributed by atoms with E-state index in [1.165, 1.54) is 31.3 Å². The fourth-order valence-electron chi connectivity index (χ4n) is 5.50. The topological polar surface area (TPSA) is 43.6 Å². The largest absolute Gasteiger partial charge is 0.294 e. The van der Waals surface area contributed by atoms with E-state index < -0.39 is 0 Å². The van der Waals surface area contributed by atoms with Gasteiger partial charge in [-0.15, -0.1) is 11.3 Å². The van der Waals surface area contributed by atoms with E-state index in [1.807, 2.05) is 60.1 Å². The van der Waals surface area contributed by atoms with E-state index in [0.29, 0.717) is 0 Å². The van der Waals surface area contributed by atoms with E-state index in [2.05, 4.69) is 99.5 Å². The Hall–Kier alpha value is -5.13. The number of para-hydroxylation sites is 1. The van der Waals surface area contributed by atoms with Crippen LogP contribution < -0.4 is 0 Å². The molecule has 0 amide bonds. The third-order valence-corrected chi connectivity index (χ3v) is 8.52. The molecule has 0 saturated carbocycles. The molecule has 0 atom stereocenters. The number of benzene rings is 3. The monoisotopic (exact) mass is 530 g/mol. The molecule has 0 N–H and O–H groups in total. The number of rotatable bonds is 4. The third kappa shape index (κ3) is 3.71. The molecule has 0 unspecified atom stereocenters. The van der Waals surface area contributed by atoms with Crippen molar-refractivity contribution in [2.24, 2.45) is 0 Å². The summed E-state index contributed by atoms with van der Waals surface area (Å²) in [7, 11) is 0. The maximum absolute atomic E-state index is 5.18. The lowest BCUT2D eigenvalue weighted by atomic mass is 10.1. The van der Waals surface area contributed by atoms with Crippen LogP contribution in [0.15, 0.2) is 134 Å². The van der Waals surface area contributed by atoms with Crippen molar-refractivity contribution < 1.29 is 0 Å². The van der Waals surface area contributed by atoms with Gasteiger partial charge in [-0.2, -0.15) is 0 Å². The molecule has 5 aromatic heterocycles. The molecule has 0 spiro atoms. The summed E-state index contributed by atoms with van der Waals surface area (Å²) in [6.45, 7) is 0. The Bertz CT molecular complexity index is 2090. The lowest BCUT2D eigenvalue weighted by molar-refractivity contribution is 1.08. The highest BCUT2D eigenvalue weighted by Crippen LogP contribution is 2.42. The minimum atomic E-state index is 0.813. The number of thiophene rings is 1. The Labute approximate surface area is 234 Å². The van der Waals surface area contributed by atoms with Gasteiger partial charge in [0.2, 0.25) is 0 Å². The highest BCUT2D eigenvalue weighted by atomic mass is 32.1. The van der Waals surface area contributed by atoms with Crippen molar-refractivity contribution >= 4 is 43.2 Å². The zero-order valence-electron chi connectivity index (χ0n) is 21.4. The predicted molar refractivity (Wildman–Crippen MR) is 166 cm³/mol. The molecular weight excluding hydrogens is 508 g/mol. The van der Waals surface area contributed by atoms with Crippen LogP contribution in [0.2, 0.25) is 0 Å². The van der Waals surface area contributed by atoms with Gasteiger partial charge in [0, 0.05) is 38.3 Å². The molecule has 0 aliphatic heterocycles. The van der Waals surface area contributed by atoms with E-state index in [1.54, 1.807) is 0 Å². The van der Waals surface area contributed by atoms with Crippen molar-refractivity contribution in [2.45, 2.75) is 0 Å². The lowest BCUT2D eigenvalue weighted by Crippen LogP contribution is -2.00. The molecule has 0 fully saturated rings. The van der Waals surface area contributed by atoms with Crippen LogP contribution in [0.1, 0.15) is 0 Å². The zero-order valence-corrected chi connectivity index (χ0v) is 22.2. The van der Waals surface area contributed by atoms with Crippen LogP contribution in [0.5, 0.6) is 0 Å². The van der Waals surface area contributed by atoms with Crippen LogP contribution in [0.4, 0.5) is 0 Å². The smallest absolute Gasteiger partial charge is 0.139 e. The minimum absolute atomic E-state index is 0.813. The van der Waals surface area contributed by atoms with E-state index in [-0.39, 0.29) is 0 Å². The van der Waals surface area contributed by atoms with Crippen molar-refractivity contribution in [3.63, 3.8) is 0 Å². The fourth-order valence-corrected chi connectivity index (χ4v) is 6.72. The van der Waals surface area contributed by atoms with Crippen LogP contribution in [-0.2, 0) is 0 Å². The molecule has 0 aliphatic rings. The molecule has 8 rings (SSSR count). The van der Waals surface area contributed by atoms with Gasteiger partial charge in [0.15, 0.2) is 0 Å². The van der Waals surface area contributed by atoms with Crippen molar-refractivity contribution in [1.29, 1.82) is 0 Å². The summed E-state index contributed by atoms with van der Waals surface area (Å²) in [5.74, 6) is 0.842. The summed E-state index contributed by atoms with van der Waals surface area (Å²) in [6, 6.07) is 42.1. The Morgan fingerprint density at radius 1 is 0.550 bits per heavy atom. The zero-order chi connectivity index (χ0) is 26.5. The number of hydrogen-bond acceptors (Lipinski definition) is 4. The lowest BCUT2D eigenvalue weighted by Gasteiger charge is -2.12. The average molecular weight is 531 g/mol. The summed E-state index contributed by atoms with van der Waals surface area (Å²) >= 11 is 1.85. The van der Waals surface area contributed by atoms with Crippen molar-refractivity contribution in [3.05, 3.63) is 134 Å². The Balaban J connectivity index is 1.43. The van der Waals surface area contributed by atoms with E-state index in [9.17, 15) is 0 Å². The van der Waals surface area contributed by atoms with Gasteiger partial charge in [-0.05, 0) is 65.5 Å². The van der Waals surface area contributed by atoms with E-state index >= 15 is 0 Å². The highest BCUT2D eigenvalue weighted by molar-refractivity contribution is 7.23. The molecule has 5 heteroatoms. The molecule has 0 saturated heterocycles. The molecule has 4 nitrogen and oxygen atoms in total. The summed E-state index contributed by atoms with van der Waals surface area (Å²) in [6.07, 6.45) is 3.64. The minimum Gasteiger partial charge on any atom is -0.294 e. The van der Waals surface area contributed by atoms with Crippen LogP contribution >= 0.6 is 11.3 Å². The van der Waals surface area contributed by atoms with Crippen LogP contribution in [0, 0.1) is 0 Å². The van der Waals surface area contributed by atoms with Gasteiger partial charge in [-0.25, -0.2) is 4.98 Å². The molecule has 8 aromatic rings. The van der Waals surface area contributed by atoms with Crippen LogP contribution in [0.25, 0.3) is 70.8 Å². The highest BCUT2D eigenvalue weighted by Gasteiger charge is 2.19. The van der Waals surface area contributed by atoms with Gasteiger partial charge in [-0.1, -0.05) is 66.7 Å². The van der Waals surface area contributed by atoms with Crippen LogP contribution in [0.3, 0.4) is 0 Å². The second-order valence-corrected chi connectivity index (χ2v) is 10.8. The first-order valence-corrected chi connectivity index (χ1v) is 14.0. The van der Waals surface area contributed by atoms with Gasteiger partial charge in [-0.3, -0.25) is 14.5 Å². The Morgan fingerprint density at radius 2 is 1.30 bits per heavy atom. The Kier molecular flexibility index (Phi) is 5.28. The van der Waals surface area contributed by atoms with Gasteiger partial charge >= 0.3 is 0 Å². The van der Waals surface area contributed by atoms with E-state index in [0.717, 1.165) is 39.5 Å². The van der Waals surface area contributed by atoms with Gasteiger partial charge in [0.05, 0.1) is 28.1 Å². The summed E-state index contributed by atoms with van der Waals surface area (Å²) < 4.78 is 3.57. The normalized spacial score (nSPS) is 11.5. The van der Waals surface area contributed by atoms with E-state index in [4.69, 9.17) is 4.98 Å². The number of hydrogen-bond donors (Lipinski definition) is 0. The van der Waals surface area contributed by atoms with Crippen molar-refractivity contribution in [3.8, 4) is 38.9 Å². The standard InChI is InChI=1S/C35H22N4S/c1-2-10-23(11-3-1)32-21-24-16-17-31-34(35(24)40-32)26-12-4-5-15-30(26)39(31)33-22-25(27-13-6-8-18-36-27)20-29(38-33)28-14-7-9-19-37-28/h1-22H. The maximum atomic E-state index is 5.18. The quantitative estimate of drug-likeness (QED) is 0.228. The Morgan fingerprint density at radius 3 is 2.10 bits per heavy atom. The second kappa shape index (κ2) is 9.26. The molecule has 3 aromatic carbocycles. The molecule has 0 bridgehead atoms. The number of fused-ring (bicyclic) bond motifs is 5. The molecule has 5 heterocycles. The van der Waals surface area contributed by atoms with Gasteiger partial charge in [0.25, 0.3) is 0 Å². The fraction of sp³-hybridized carbons (Fsp3) is 0.